The molecule has 1 atom stereocenters. The van der Waals surface area contributed by atoms with Crippen LogP contribution in [0.4, 0.5) is 5.69 Å². The molecule has 2 N–H and O–H groups in total. The van der Waals surface area contributed by atoms with Gasteiger partial charge in [-0.3, -0.25) is 0 Å². The fourth-order valence-electron chi connectivity index (χ4n) is 1.09. The van der Waals surface area contributed by atoms with Crippen molar-refractivity contribution >= 4 is 5.69 Å². The lowest BCUT2D eigenvalue weighted by Gasteiger charge is -2.11. The van der Waals surface area contributed by atoms with Gasteiger partial charge in [0.1, 0.15) is 11.8 Å². The van der Waals surface area contributed by atoms with E-state index in [0.29, 0.717) is 12.2 Å². The Morgan fingerprint density at radius 1 is 1.57 bits per heavy atom. The maximum Gasteiger partial charge on any atom is 0.184 e. The largest absolute Gasteiger partial charge is 0.476 e. The minimum atomic E-state index is -0.377. The molecule has 14 heavy (non-hydrogen) atoms. The number of nitrogens with zero attached hydrogens (tertiary/aromatic N) is 1. The van der Waals surface area contributed by atoms with E-state index in [9.17, 15) is 0 Å². The van der Waals surface area contributed by atoms with Crippen molar-refractivity contribution in [2.75, 3.05) is 5.73 Å². The van der Waals surface area contributed by atoms with Crippen LogP contribution in [0.3, 0.4) is 0 Å². The van der Waals surface area contributed by atoms with Crippen molar-refractivity contribution in [1.29, 1.82) is 5.26 Å². The van der Waals surface area contributed by atoms with Gasteiger partial charge in [0.15, 0.2) is 6.10 Å². The van der Waals surface area contributed by atoms with E-state index in [-0.39, 0.29) is 6.10 Å². The van der Waals surface area contributed by atoms with Gasteiger partial charge < -0.3 is 10.5 Å². The van der Waals surface area contributed by atoms with Crippen LogP contribution in [-0.2, 0) is 0 Å². The van der Waals surface area contributed by atoms with Crippen molar-refractivity contribution in [2.24, 2.45) is 0 Å². The number of aryl methyl sites for hydroxylation is 1. The van der Waals surface area contributed by atoms with Crippen LogP contribution in [0.1, 0.15) is 18.9 Å². The lowest BCUT2D eigenvalue weighted by molar-refractivity contribution is 0.252. The van der Waals surface area contributed by atoms with E-state index >= 15 is 0 Å². The van der Waals surface area contributed by atoms with Gasteiger partial charge in [0, 0.05) is 5.69 Å². The Kier molecular flexibility index (Phi) is 3.35. The van der Waals surface area contributed by atoms with Gasteiger partial charge in [-0.15, -0.1) is 0 Å². The van der Waals surface area contributed by atoms with Crippen LogP contribution in [-0.4, -0.2) is 6.10 Å². The summed E-state index contributed by atoms with van der Waals surface area (Å²) in [5.74, 6) is 0.699. The molecule has 1 rings (SSSR count). The van der Waals surface area contributed by atoms with Gasteiger partial charge in [0.2, 0.25) is 0 Å². The molecule has 1 unspecified atom stereocenters. The van der Waals surface area contributed by atoms with Crippen molar-refractivity contribution in [2.45, 2.75) is 26.4 Å². The summed E-state index contributed by atoms with van der Waals surface area (Å²) in [6, 6.07) is 7.49. The Balaban J connectivity index is 2.78. The Morgan fingerprint density at radius 2 is 2.29 bits per heavy atom. The molecule has 0 saturated carbocycles. The van der Waals surface area contributed by atoms with Gasteiger partial charge in [0.25, 0.3) is 0 Å². The number of nitriles is 1. The molecule has 1 aromatic rings. The van der Waals surface area contributed by atoms with Gasteiger partial charge in [0.05, 0.1) is 0 Å². The molecule has 0 bridgehead atoms. The van der Waals surface area contributed by atoms with E-state index in [0.717, 1.165) is 11.3 Å². The van der Waals surface area contributed by atoms with Crippen LogP contribution in [0, 0.1) is 18.3 Å². The van der Waals surface area contributed by atoms with Crippen molar-refractivity contribution in [3.8, 4) is 11.8 Å². The van der Waals surface area contributed by atoms with E-state index in [1.54, 1.807) is 12.1 Å². The number of ether oxygens (including phenoxy) is 1. The molecule has 0 aliphatic heterocycles. The molecule has 0 fully saturated rings. The lowest BCUT2D eigenvalue weighted by Crippen LogP contribution is -2.12. The van der Waals surface area contributed by atoms with Crippen LogP contribution in [0.5, 0.6) is 5.75 Å². The lowest BCUT2D eigenvalue weighted by atomic mass is 10.2. The molecule has 0 aromatic heterocycles. The number of nitrogen functional groups attached to an aromatic ring is 1. The van der Waals surface area contributed by atoms with E-state index in [2.05, 4.69) is 6.07 Å². The quantitative estimate of drug-likeness (QED) is 0.744. The van der Waals surface area contributed by atoms with E-state index < -0.39 is 0 Å². The maximum atomic E-state index is 8.71. The summed E-state index contributed by atoms with van der Waals surface area (Å²) in [6.45, 7) is 3.83. The van der Waals surface area contributed by atoms with Crippen molar-refractivity contribution in [3.05, 3.63) is 23.8 Å². The fraction of sp³-hybridized carbons (Fsp3) is 0.364. The van der Waals surface area contributed by atoms with Crippen LogP contribution in [0.25, 0.3) is 0 Å². The Bertz CT molecular complexity index is 355. The summed E-state index contributed by atoms with van der Waals surface area (Å²) < 4.78 is 5.43. The average molecular weight is 190 g/mol. The zero-order chi connectivity index (χ0) is 10.6. The van der Waals surface area contributed by atoms with Gasteiger partial charge in [-0.2, -0.15) is 5.26 Å². The predicted octanol–water partition coefficient (Wildman–Crippen LogP) is 2.26. The molecule has 74 valence electrons. The third-order valence-corrected chi connectivity index (χ3v) is 2.03. The summed E-state index contributed by atoms with van der Waals surface area (Å²) in [7, 11) is 0. The maximum absolute atomic E-state index is 8.71. The van der Waals surface area contributed by atoms with E-state index in [1.165, 1.54) is 0 Å². The molecule has 0 radical (unpaired) electrons. The van der Waals surface area contributed by atoms with Gasteiger partial charge in [-0.05, 0) is 37.1 Å². The monoisotopic (exact) mass is 190 g/mol. The summed E-state index contributed by atoms with van der Waals surface area (Å²) >= 11 is 0. The average Bonchev–Trinajstić information content (AvgIpc) is 2.19. The summed E-state index contributed by atoms with van der Waals surface area (Å²) in [5.41, 5.74) is 7.37. The SMILES string of the molecule is CCC(C#N)Oc1ccc(N)c(C)c1. The smallest absolute Gasteiger partial charge is 0.184 e. The molecular weight excluding hydrogens is 176 g/mol. The first-order valence-corrected chi connectivity index (χ1v) is 4.59. The number of anilines is 1. The molecule has 0 spiro atoms. The van der Waals surface area contributed by atoms with Gasteiger partial charge in [-0.25, -0.2) is 0 Å². The molecule has 3 nitrogen and oxygen atoms in total. The highest BCUT2D eigenvalue weighted by molar-refractivity contribution is 5.49. The molecule has 0 heterocycles. The second-order valence-corrected chi connectivity index (χ2v) is 3.16. The summed E-state index contributed by atoms with van der Waals surface area (Å²) in [5, 5.41) is 8.71. The Labute approximate surface area is 84.1 Å². The van der Waals surface area contributed by atoms with E-state index in [1.807, 2.05) is 19.9 Å². The molecule has 0 aliphatic rings. The highest BCUT2D eigenvalue weighted by Gasteiger charge is 2.06. The number of benzene rings is 1. The zero-order valence-electron chi connectivity index (χ0n) is 8.45. The standard InChI is InChI=1S/C11H14N2O/c1-3-9(7-12)14-10-4-5-11(13)8(2)6-10/h4-6,9H,3,13H2,1-2H3. The molecule has 0 aliphatic carbocycles. The number of hydrogen-bond acceptors (Lipinski definition) is 3. The normalized spacial score (nSPS) is 11.8. The molecular formula is C11H14N2O. The molecule has 0 saturated heterocycles. The topological polar surface area (TPSA) is 59.0 Å². The second kappa shape index (κ2) is 4.52. The Hall–Kier alpha value is -1.69. The number of nitrogens with two attached hydrogens (primary N) is 1. The number of hydrogen-bond donors (Lipinski definition) is 1. The molecule has 3 heteroatoms. The zero-order valence-corrected chi connectivity index (χ0v) is 8.45. The van der Waals surface area contributed by atoms with Crippen molar-refractivity contribution in [1.82, 2.24) is 0 Å². The van der Waals surface area contributed by atoms with Crippen molar-refractivity contribution in [3.63, 3.8) is 0 Å². The van der Waals surface area contributed by atoms with Crippen LogP contribution >= 0.6 is 0 Å². The molecule has 0 amide bonds. The van der Waals surface area contributed by atoms with Crippen molar-refractivity contribution < 1.29 is 4.74 Å². The first kappa shape index (κ1) is 10.4. The van der Waals surface area contributed by atoms with Crippen LogP contribution < -0.4 is 10.5 Å². The van der Waals surface area contributed by atoms with Gasteiger partial charge in [-0.1, -0.05) is 6.92 Å². The van der Waals surface area contributed by atoms with Gasteiger partial charge >= 0.3 is 0 Å². The Morgan fingerprint density at radius 3 is 2.79 bits per heavy atom. The summed E-state index contributed by atoms with van der Waals surface area (Å²) in [6.07, 6.45) is 0.304. The number of rotatable bonds is 3. The fourth-order valence-corrected chi connectivity index (χ4v) is 1.09. The first-order valence-electron chi connectivity index (χ1n) is 4.59. The van der Waals surface area contributed by atoms with Crippen LogP contribution in [0.2, 0.25) is 0 Å². The third kappa shape index (κ3) is 2.40. The molecule has 1 aromatic carbocycles. The highest BCUT2D eigenvalue weighted by Crippen LogP contribution is 2.19. The second-order valence-electron chi connectivity index (χ2n) is 3.16. The first-order chi connectivity index (χ1) is 6.67. The highest BCUT2D eigenvalue weighted by atomic mass is 16.5. The summed E-state index contributed by atoms with van der Waals surface area (Å²) in [4.78, 5) is 0. The van der Waals surface area contributed by atoms with Crippen LogP contribution in [0.15, 0.2) is 18.2 Å². The minimum absolute atomic E-state index is 0.377. The predicted molar refractivity (Wildman–Crippen MR) is 55.9 cm³/mol. The minimum Gasteiger partial charge on any atom is -0.476 e. The third-order valence-electron chi connectivity index (χ3n) is 2.03. The van der Waals surface area contributed by atoms with E-state index in [4.69, 9.17) is 15.7 Å².